The van der Waals surface area contributed by atoms with Crippen LogP contribution in [0.2, 0.25) is 0 Å². The van der Waals surface area contributed by atoms with E-state index in [4.69, 9.17) is 5.73 Å². The molecule has 4 N–H and O–H groups in total. The summed E-state index contributed by atoms with van der Waals surface area (Å²) in [6.45, 7) is 0.0553. The van der Waals surface area contributed by atoms with Crippen LogP contribution >= 0.6 is 0 Å². The molecule has 0 aliphatic heterocycles. The van der Waals surface area contributed by atoms with Crippen LogP contribution in [-0.4, -0.2) is 45.4 Å². The van der Waals surface area contributed by atoms with Crippen molar-refractivity contribution >= 4 is 15.9 Å². The van der Waals surface area contributed by atoms with Crippen LogP contribution in [0.25, 0.3) is 0 Å². The molecule has 6 nitrogen and oxygen atoms in total. The number of rotatable bonds is 5. The van der Waals surface area contributed by atoms with Crippen molar-refractivity contribution in [1.29, 1.82) is 0 Å². The van der Waals surface area contributed by atoms with Crippen molar-refractivity contribution in [3.05, 3.63) is 0 Å². The molecule has 0 aliphatic rings. The van der Waals surface area contributed by atoms with Gasteiger partial charge in [0, 0.05) is 6.54 Å². The smallest absolute Gasteiger partial charge is 0.353 e. The highest BCUT2D eigenvalue weighted by atomic mass is 32.2. The van der Waals surface area contributed by atoms with E-state index in [1.54, 1.807) is 0 Å². The van der Waals surface area contributed by atoms with Crippen molar-refractivity contribution in [2.75, 3.05) is 19.3 Å². The molecule has 102 valence electrons. The fraction of sp³-hybridized carbons (Fsp3) is 0.857. The molecule has 0 spiro atoms. The van der Waals surface area contributed by atoms with Gasteiger partial charge in [-0.05, 0) is 14.0 Å². The van der Waals surface area contributed by atoms with E-state index in [-0.39, 0.29) is 0 Å². The second kappa shape index (κ2) is 5.19. The Hall–Kier alpha value is -0.870. The Balaban J connectivity index is 4.40. The standard InChI is InChI=1S/C7H14F3N3O3S/c1-6(11,7(8,9)10)5(14)13-3-4-17(15,16)12-2/h12H,3-4,11H2,1-2H3,(H,13,14). The number of halogens is 3. The predicted octanol–water partition coefficient (Wildman–Crippen LogP) is -1.07. The maximum Gasteiger partial charge on any atom is 0.415 e. The van der Waals surface area contributed by atoms with Crippen LogP contribution in [0.3, 0.4) is 0 Å². The van der Waals surface area contributed by atoms with E-state index >= 15 is 0 Å². The summed E-state index contributed by atoms with van der Waals surface area (Å²) >= 11 is 0. The highest BCUT2D eigenvalue weighted by molar-refractivity contribution is 7.89. The highest BCUT2D eigenvalue weighted by Crippen LogP contribution is 2.27. The Morgan fingerprint density at radius 1 is 1.35 bits per heavy atom. The van der Waals surface area contributed by atoms with Gasteiger partial charge in [-0.3, -0.25) is 4.79 Å². The summed E-state index contributed by atoms with van der Waals surface area (Å²) in [7, 11) is -2.43. The lowest BCUT2D eigenvalue weighted by Crippen LogP contribution is -2.61. The Labute approximate surface area is 96.8 Å². The molecule has 1 atom stereocenters. The van der Waals surface area contributed by atoms with Gasteiger partial charge < -0.3 is 11.1 Å². The summed E-state index contributed by atoms with van der Waals surface area (Å²) < 4.78 is 60.7. The molecule has 0 heterocycles. The predicted molar refractivity (Wildman–Crippen MR) is 54.5 cm³/mol. The van der Waals surface area contributed by atoms with Crippen molar-refractivity contribution in [1.82, 2.24) is 10.0 Å². The summed E-state index contributed by atoms with van der Waals surface area (Å²) in [4.78, 5) is 11.1. The second-order valence-electron chi connectivity index (χ2n) is 3.48. The number of amides is 1. The lowest BCUT2D eigenvalue weighted by molar-refractivity contribution is -0.187. The summed E-state index contributed by atoms with van der Waals surface area (Å²) in [6, 6.07) is 0. The first-order chi connectivity index (χ1) is 7.44. The van der Waals surface area contributed by atoms with Crippen LogP contribution in [0.1, 0.15) is 6.92 Å². The number of nitrogens with one attached hydrogen (secondary N) is 2. The molecule has 0 aromatic carbocycles. The first-order valence-corrected chi connectivity index (χ1v) is 6.14. The van der Waals surface area contributed by atoms with E-state index in [2.05, 4.69) is 0 Å². The van der Waals surface area contributed by atoms with Crippen LogP contribution in [0.15, 0.2) is 0 Å². The molecule has 0 saturated heterocycles. The Morgan fingerprint density at radius 3 is 2.18 bits per heavy atom. The SMILES string of the molecule is CNS(=O)(=O)CCNC(=O)C(C)(N)C(F)(F)F. The van der Waals surface area contributed by atoms with Gasteiger partial charge in [-0.2, -0.15) is 13.2 Å². The van der Waals surface area contributed by atoms with Gasteiger partial charge in [0.15, 0.2) is 5.54 Å². The molecule has 0 aromatic rings. The van der Waals surface area contributed by atoms with Gasteiger partial charge in [0.1, 0.15) is 0 Å². The van der Waals surface area contributed by atoms with Crippen LogP contribution < -0.4 is 15.8 Å². The molecular weight excluding hydrogens is 263 g/mol. The molecule has 0 rings (SSSR count). The normalized spacial score (nSPS) is 16.4. The third-order valence-corrected chi connectivity index (χ3v) is 3.39. The first-order valence-electron chi connectivity index (χ1n) is 4.49. The molecular formula is C7H14F3N3O3S. The lowest BCUT2D eigenvalue weighted by atomic mass is 10.0. The lowest BCUT2D eigenvalue weighted by Gasteiger charge is -2.26. The Bertz CT molecular complexity index is 378. The third-order valence-electron chi connectivity index (χ3n) is 2.03. The van der Waals surface area contributed by atoms with Gasteiger partial charge >= 0.3 is 6.18 Å². The number of carbonyl (C=O) groups is 1. The molecule has 0 radical (unpaired) electrons. The van der Waals surface area contributed by atoms with E-state index in [1.807, 2.05) is 10.0 Å². The maximum absolute atomic E-state index is 12.3. The third kappa shape index (κ3) is 4.48. The highest BCUT2D eigenvalue weighted by Gasteiger charge is 2.53. The zero-order valence-corrected chi connectivity index (χ0v) is 10.1. The van der Waals surface area contributed by atoms with E-state index < -0.39 is 39.9 Å². The van der Waals surface area contributed by atoms with Gasteiger partial charge in [0.25, 0.3) is 0 Å². The zero-order chi connectivity index (χ0) is 13.9. The second-order valence-corrected chi connectivity index (χ2v) is 5.52. The molecule has 0 bridgehead atoms. The number of alkyl halides is 3. The van der Waals surface area contributed by atoms with E-state index in [1.165, 1.54) is 0 Å². The number of nitrogens with two attached hydrogens (primary N) is 1. The molecule has 10 heteroatoms. The summed E-state index contributed by atoms with van der Waals surface area (Å²) in [6.07, 6.45) is -4.90. The number of carbonyl (C=O) groups excluding carboxylic acids is 1. The van der Waals surface area contributed by atoms with Crippen LogP contribution in [0.4, 0.5) is 13.2 Å². The minimum atomic E-state index is -4.90. The Kier molecular flexibility index (Phi) is 4.92. The Morgan fingerprint density at radius 2 is 1.82 bits per heavy atom. The van der Waals surface area contributed by atoms with Gasteiger partial charge in [-0.1, -0.05) is 0 Å². The van der Waals surface area contributed by atoms with Gasteiger partial charge in [-0.25, -0.2) is 13.1 Å². The molecule has 17 heavy (non-hydrogen) atoms. The minimum absolute atomic E-state index is 0.453. The number of hydrogen-bond acceptors (Lipinski definition) is 4. The quantitative estimate of drug-likeness (QED) is 0.595. The van der Waals surface area contributed by atoms with Gasteiger partial charge in [-0.15, -0.1) is 0 Å². The van der Waals surface area contributed by atoms with Crippen molar-refractivity contribution < 1.29 is 26.4 Å². The van der Waals surface area contributed by atoms with E-state index in [9.17, 15) is 26.4 Å². The minimum Gasteiger partial charge on any atom is -0.353 e. The largest absolute Gasteiger partial charge is 0.415 e. The summed E-state index contributed by atoms with van der Waals surface area (Å²) in [5.74, 6) is -2.00. The average molecular weight is 277 g/mol. The molecule has 0 saturated carbocycles. The zero-order valence-electron chi connectivity index (χ0n) is 9.26. The molecule has 0 aromatic heterocycles. The van der Waals surface area contributed by atoms with Gasteiger partial charge in [0.2, 0.25) is 15.9 Å². The average Bonchev–Trinajstić information content (AvgIpc) is 2.15. The van der Waals surface area contributed by atoms with Crippen LogP contribution in [0, 0.1) is 0 Å². The van der Waals surface area contributed by atoms with E-state index in [0.29, 0.717) is 6.92 Å². The molecule has 1 amide bonds. The molecule has 0 aliphatic carbocycles. The first kappa shape index (κ1) is 16.1. The summed E-state index contributed by atoms with van der Waals surface area (Å²) in [5.41, 5.74) is 1.77. The monoisotopic (exact) mass is 277 g/mol. The van der Waals surface area contributed by atoms with Crippen molar-refractivity contribution in [2.45, 2.75) is 18.6 Å². The maximum atomic E-state index is 12.3. The van der Waals surface area contributed by atoms with Crippen molar-refractivity contribution in [3.8, 4) is 0 Å². The number of sulfonamides is 1. The fourth-order valence-corrected chi connectivity index (χ4v) is 1.29. The fourth-order valence-electron chi connectivity index (χ4n) is 0.713. The molecule has 1 unspecified atom stereocenters. The topological polar surface area (TPSA) is 101 Å². The van der Waals surface area contributed by atoms with Gasteiger partial charge in [0.05, 0.1) is 5.75 Å². The van der Waals surface area contributed by atoms with E-state index in [0.717, 1.165) is 7.05 Å². The summed E-state index contributed by atoms with van der Waals surface area (Å²) in [5, 5.41) is 1.82. The molecule has 0 fully saturated rings. The van der Waals surface area contributed by atoms with Crippen LogP contribution in [-0.2, 0) is 14.8 Å². The number of hydrogen-bond donors (Lipinski definition) is 3. The van der Waals surface area contributed by atoms with Crippen LogP contribution in [0.5, 0.6) is 0 Å². The van der Waals surface area contributed by atoms with Crippen molar-refractivity contribution in [3.63, 3.8) is 0 Å². The van der Waals surface area contributed by atoms with Crippen molar-refractivity contribution in [2.24, 2.45) is 5.73 Å².